The average Bonchev–Trinajstić information content (AvgIpc) is 3.69. The minimum Gasteiger partial charge on any atom is -0.388 e. The van der Waals surface area contributed by atoms with Crippen LogP contribution in [0.4, 0.5) is 5.69 Å². The normalized spacial score (nSPS) is 20.0. The zero-order valence-corrected chi connectivity index (χ0v) is 21.6. The maximum absolute atomic E-state index is 13.3. The topological polar surface area (TPSA) is 124 Å². The van der Waals surface area contributed by atoms with E-state index in [1.807, 2.05) is 17.0 Å². The third-order valence-corrected chi connectivity index (χ3v) is 8.14. The van der Waals surface area contributed by atoms with Crippen molar-refractivity contribution >= 4 is 22.6 Å². The molecule has 1 N–H and O–H groups in total. The fourth-order valence-electron chi connectivity index (χ4n) is 5.53. The lowest BCUT2D eigenvalue weighted by atomic mass is 9.91. The molecule has 0 radical (unpaired) electrons. The van der Waals surface area contributed by atoms with Gasteiger partial charge in [-0.05, 0) is 50.9 Å². The van der Waals surface area contributed by atoms with E-state index in [-0.39, 0.29) is 23.9 Å². The lowest BCUT2D eigenvalue weighted by Gasteiger charge is -2.38. The van der Waals surface area contributed by atoms with Crippen LogP contribution in [-0.2, 0) is 11.3 Å². The predicted octanol–water partition coefficient (Wildman–Crippen LogP) is 0.969. The first-order chi connectivity index (χ1) is 18.3. The summed E-state index contributed by atoms with van der Waals surface area (Å²) in [6.45, 7) is 4.72. The summed E-state index contributed by atoms with van der Waals surface area (Å²) in [6, 6.07) is 7.92. The molecule has 3 fully saturated rings. The third kappa shape index (κ3) is 4.54. The Morgan fingerprint density at radius 2 is 1.89 bits per heavy atom. The number of carbonyl (C=O) groups is 1. The summed E-state index contributed by atoms with van der Waals surface area (Å²) < 4.78 is 3.01. The summed E-state index contributed by atoms with van der Waals surface area (Å²) in [5.74, 6) is 0.357. The maximum Gasteiger partial charge on any atom is 0.264 e. The van der Waals surface area contributed by atoms with Gasteiger partial charge in [-0.2, -0.15) is 10.4 Å². The van der Waals surface area contributed by atoms with Crippen molar-refractivity contribution in [1.29, 1.82) is 5.26 Å². The van der Waals surface area contributed by atoms with Crippen molar-refractivity contribution in [3.8, 4) is 11.8 Å². The lowest BCUT2D eigenvalue weighted by molar-refractivity contribution is -0.137. The number of nitrogens with zero attached hydrogens (tertiary/aromatic N) is 8. The van der Waals surface area contributed by atoms with Gasteiger partial charge in [0.05, 0.1) is 35.3 Å². The van der Waals surface area contributed by atoms with Gasteiger partial charge in [-0.1, -0.05) is 0 Å². The Bertz CT molecular complexity index is 1470. The molecule has 1 amide bonds. The van der Waals surface area contributed by atoms with E-state index in [1.54, 1.807) is 10.7 Å². The quantitative estimate of drug-likeness (QED) is 0.532. The highest BCUT2D eigenvalue weighted by atomic mass is 16.3. The Kier molecular flexibility index (Phi) is 6.16. The van der Waals surface area contributed by atoms with E-state index in [9.17, 15) is 20.0 Å². The molecule has 0 spiro atoms. The molecule has 198 valence electrons. The van der Waals surface area contributed by atoms with Crippen molar-refractivity contribution in [2.24, 2.45) is 5.92 Å². The molecule has 2 saturated heterocycles. The number of piperazine rings is 1. The van der Waals surface area contributed by atoms with E-state index in [0.717, 1.165) is 44.7 Å². The summed E-state index contributed by atoms with van der Waals surface area (Å²) in [5, 5.41) is 25.8. The summed E-state index contributed by atoms with van der Waals surface area (Å²) in [5.41, 5.74) is 1.16. The first-order valence-corrected chi connectivity index (χ1v) is 13.3. The Morgan fingerprint density at radius 1 is 1.16 bits per heavy atom. The van der Waals surface area contributed by atoms with Gasteiger partial charge in [0, 0.05) is 45.2 Å². The van der Waals surface area contributed by atoms with Crippen molar-refractivity contribution in [3.63, 3.8) is 0 Å². The highest BCUT2D eigenvalue weighted by Gasteiger charge is 2.39. The number of rotatable bonds is 5. The molecule has 1 saturated carbocycles. The van der Waals surface area contributed by atoms with Crippen LogP contribution in [0.1, 0.15) is 31.2 Å². The van der Waals surface area contributed by atoms with Gasteiger partial charge in [0.15, 0.2) is 5.65 Å². The molecule has 2 aromatic heterocycles. The molecule has 11 nitrogen and oxygen atoms in total. The SMILES string of the molecule is CN1CCN(c2ccc(-n3ncc4c(=O)n(CC5(O)CCN(C(=O)C6CC6)CC5)cnc43)cc2C#N)CC1. The highest BCUT2D eigenvalue weighted by Crippen LogP contribution is 2.33. The van der Waals surface area contributed by atoms with Crippen LogP contribution in [0.5, 0.6) is 0 Å². The molecule has 3 aromatic rings. The van der Waals surface area contributed by atoms with Gasteiger partial charge in [-0.15, -0.1) is 0 Å². The van der Waals surface area contributed by atoms with Crippen LogP contribution in [0.2, 0.25) is 0 Å². The van der Waals surface area contributed by atoms with Gasteiger partial charge in [-0.3, -0.25) is 14.2 Å². The number of carbonyl (C=O) groups excluding carboxylic acids is 1. The molecule has 1 aliphatic carbocycles. The van der Waals surface area contributed by atoms with Crippen LogP contribution in [0.3, 0.4) is 0 Å². The molecule has 1 aromatic carbocycles. The average molecular weight is 517 g/mol. The number of likely N-dealkylation sites (tertiary alicyclic amines) is 1. The molecule has 0 unspecified atom stereocenters. The second-order valence-corrected chi connectivity index (χ2v) is 10.9. The molecular formula is C27H32N8O3. The zero-order chi connectivity index (χ0) is 26.4. The number of nitriles is 1. The van der Waals surface area contributed by atoms with Gasteiger partial charge in [0.1, 0.15) is 17.8 Å². The van der Waals surface area contributed by atoms with Crippen LogP contribution < -0.4 is 10.5 Å². The fourth-order valence-corrected chi connectivity index (χ4v) is 5.53. The zero-order valence-electron chi connectivity index (χ0n) is 21.6. The molecule has 38 heavy (non-hydrogen) atoms. The van der Waals surface area contributed by atoms with Crippen molar-refractivity contribution in [2.45, 2.75) is 37.8 Å². The van der Waals surface area contributed by atoms with E-state index in [4.69, 9.17) is 0 Å². The molecular weight excluding hydrogens is 484 g/mol. The first kappa shape index (κ1) is 24.6. The van der Waals surface area contributed by atoms with Crippen molar-refractivity contribution in [2.75, 3.05) is 51.2 Å². The van der Waals surface area contributed by atoms with E-state index in [1.165, 1.54) is 17.1 Å². The van der Waals surface area contributed by atoms with Gasteiger partial charge < -0.3 is 19.8 Å². The third-order valence-electron chi connectivity index (χ3n) is 8.14. The minimum atomic E-state index is -1.07. The van der Waals surface area contributed by atoms with Gasteiger partial charge in [0.2, 0.25) is 5.91 Å². The Labute approximate surface area is 220 Å². The summed E-state index contributed by atoms with van der Waals surface area (Å²) in [7, 11) is 2.09. The van der Waals surface area contributed by atoms with Crippen molar-refractivity contribution < 1.29 is 9.90 Å². The summed E-state index contributed by atoms with van der Waals surface area (Å²) in [4.78, 5) is 36.5. The van der Waals surface area contributed by atoms with E-state index >= 15 is 0 Å². The van der Waals surface area contributed by atoms with Gasteiger partial charge in [0.25, 0.3) is 5.56 Å². The number of benzene rings is 1. The predicted molar refractivity (Wildman–Crippen MR) is 141 cm³/mol. The minimum absolute atomic E-state index is 0.115. The fraction of sp³-hybridized carbons (Fsp3) is 0.519. The molecule has 0 atom stereocenters. The maximum atomic E-state index is 13.3. The van der Waals surface area contributed by atoms with Crippen LogP contribution in [-0.4, -0.2) is 92.1 Å². The molecule has 6 rings (SSSR count). The van der Waals surface area contributed by atoms with Gasteiger partial charge in [-0.25, -0.2) is 9.67 Å². The molecule has 0 bridgehead atoms. The van der Waals surface area contributed by atoms with E-state index < -0.39 is 5.60 Å². The number of piperidine rings is 1. The lowest BCUT2D eigenvalue weighted by Crippen LogP contribution is -2.50. The monoisotopic (exact) mass is 516 g/mol. The van der Waals surface area contributed by atoms with Gasteiger partial charge >= 0.3 is 0 Å². The number of hydrogen-bond acceptors (Lipinski definition) is 8. The smallest absolute Gasteiger partial charge is 0.264 e. The second kappa shape index (κ2) is 9.53. The van der Waals surface area contributed by atoms with E-state index in [0.29, 0.717) is 48.2 Å². The number of anilines is 1. The molecule has 11 heteroatoms. The van der Waals surface area contributed by atoms with Crippen molar-refractivity contribution in [1.82, 2.24) is 29.1 Å². The summed E-state index contributed by atoms with van der Waals surface area (Å²) >= 11 is 0. The highest BCUT2D eigenvalue weighted by molar-refractivity contribution is 5.81. The number of amides is 1. The van der Waals surface area contributed by atoms with E-state index in [2.05, 4.69) is 33.0 Å². The number of likely N-dealkylation sites (N-methyl/N-ethyl adjacent to an activating group) is 1. The number of fused-ring (bicyclic) bond motifs is 1. The Hall–Kier alpha value is -3.75. The van der Waals surface area contributed by atoms with Crippen LogP contribution in [0.25, 0.3) is 16.7 Å². The summed E-state index contributed by atoms with van der Waals surface area (Å²) in [6.07, 6.45) is 5.71. The second-order valence-electron chi connectivity index (χ2n) is 10.9. The number of aromatic nitrogens is 4. The van der Waals surface area contributed by atoms with Crippen LogP contribution in [0.15, 0.2) is 35.5 Å². The number of hydrogen-bond donors (Lipinski definition) is 1. The largest absolute Gasteiger partial charge is 0.388 e. The van der Waals surface area contributed by atoms with Crippen LogP contribution in [0, 0.1) is 17.2 Å². The van der Waals surface area contributed by atoms with Crippen LogP contribution >= 0.6 is 0 Å². The van der Waals surface area contributed by atoms with Crippen molar-refractivity contribution in [3.05, 3.63) is 46.6 Å². The standard InChI is InChI=1S/C27H32N8O3/c1-31-10-12-32(13-11-31)23-5-4-21(14-20(23)15-28)35-24-22(16-30-35)26(37)34(18-29-24)17-27(38)6-8-33(9-7-27)25(36)19-2-3-19/h4-5,14,16,18-19,38H,2-3,6-13,17H2,1H3. The first-order valence-electron chi connectivity index (χ1n) is 13.3. The molecule has 2 aliphatic heterocycles. The Morgan fingerprint density at radius 3 is 2.58 bits per heavy atom. The molecule has 4 heterocycles. The molecule has 3 aliphatic rings. The Balaban J connectivity index is 1.22. The number of aliphatic hydroxyl groups is 1.